The number of aromatic nitrogens is 2. The molecule has 0 saturated carbocycles. The van der Waals surface area contributed by atoms with Crippen LogP contribution in [0.15, 0.2) is 31.0 Å². The Morgan fingerprint density at radius 1 is 1.14 bits per heavy atom. The number of nitrogens with one attached hydrogen (secondary N) is 2. The van der Waals surface area contributed by atoms with Gasteiger partial charge in [0.1, 0.15) is 5.82 Å². The molecule has 0 amide bonds. The van der Waals surface area contributed by atoms with Gasteiger partial charge in [-0.3, -0.25) is 0 Å². The zero-order valence-electron chi connectivity index (χ0n) is 21.8. The van der Waals surface area contributed by atoms with E-state index in [1.165, 1.54) is 48.5 Å². The molecule has 1 aromatic carbocycles. The molecular weight excluding hydrogens is 607 g/mol. The normalized spacial score (nSPS) is 11.4. The monoisotopic (exact) mass is 649 g/mol. The first-order valence-corrected chi connectivity index (χ1v) is 12.4. The Morgan fingerprint density at radius 2 is 1.86 bits per heavy atom. The summed E-state index contributed by atoms with van der Waals surface area (Å²) in [6, 6.07) is 4.83. The molecule has 0 spiro atoms. The SMILES string of the molecule is C=CN.C=c1[nH]c2ccc(F)cc2/c1=C/c1[nH]c(C)c(CCCN(CCC)CC[CH-]CC)c1C.[W]. The number of aromatic amines is 2. The summed E-state index contributed by atoms with van der Waals surface area (Å²) < 4.78 is 13.8. The summed E-state index contributed by atoms with van der Waals surface area (Å²) in [7, 11) is 0. The first-order chi connectivity index (χ1) is 16.4. The van der Waals surface area contributed by atoms with Crippen molar-refractivity contribution < 1.29 is 25.5 Å². The second-order valence-electron chi connectivity index (χ2n) is 8.79. The molecule has 6 heteroatoms. The Labute approximate surface area is 224 Å². The molecule has 3 rings (SSSR count). The van der Waals surface area contributed by atoms with Crippen LogP contribution in [0.4, 0.5) is 4.39 Å². The average Bonchev–Trinajstić information content (AvgIpc) is 3.24. The van der Waals surface area contributed by atoms with E-state index in [2.05, 4.69) is 74.0 Å². The third-order valence-electron chi connectivity index (χ3n) is 6.18. The molecule has 0 fully saturated rings. The second kappa shape index (κ2) is 15.8. The molecule has 4 nitrogen and oxygen atoms in total. The van der Waals surface area contributed by atoms with Crippen LogP contribution in [0.1, 0.15) is 62.0 Å². The Balaban J connectivity index is 0.00000145. The summed E-state index contributed by atoms with van der Waals surface area (Å²) in [4.78, 5) is 9.41. The largest absolute Gasteiger partial charge is 0.405 e. The Bertz CT molecular complexity index is 1160. The van der Waals surface area contributed by atoms with Crippen molar-refractivity contribution >= 4 is 23.6 Å². The molecule has 2 aromatic heterocycles. The summed E-state index contributed by atoms with van der Waals surface area (Å²) in [5.74, 6) is -0.227. The molecule has 4 N–H and O–H groups in total. The fraction of sp³-hybridized carbons (Fsp3) is 0.414. The van der Waals surface area contributed by atoms with Crippen LogP contribution in [0.5, 0.6) is 0 Å². The van der Waals surface area contributed by atoms with Gasteiger partial charge in [0.2, 0.25) is 0 Å². The van der Waals surface area contributed by atoms with Crippen LogP contribution in [-0.2, 0) is 27.5 Å². The van der Waals surface area contributed by atoms with E-state index in [0.29, 0.717) is 0 Å². The first kappa shape index (κ1) is 30.9. The molecule has 2 heterocycles. The van der Waals surface area contributed by atoms with Gasteiger partial charge in [0.05, 0.1) is 0 Å². The van der Waals surface area contributed by atoms with Crippen molar-refractivity contribution in [3.8, 4) is 0 Å². The maximum atomic E-state index is 13.8. The van der Waals surface area contributed by atoms with Crippen LogP contribution >= 0.6 is 0 Å². The van der Waals surface area contributed by atoms with Crippen molar-refractivity contribution in [2.75, 3.05) is 19.6 Å². The van der Waals surface area contributed by atoms with Crippen molar-refractivity contribution in [1.29, 1.82) is 0 Å². The molecule has 0 radical (unpaired) electrons. The fourth-order valence-electron chi connectivity index (χ4n) is 4.49. The zero-order valence-corrected chi connectivity index (χ0v) is 24.8. The topological polar surface area (TPSA) is 60.8 Å². The third kappa shape index (κ3) is 8.81. The Morgan fingerprint density at radius 3 is 2.51 bits per heavy atom. The van der Waals surface area contributed by atoms with E-state index >= 15 is 0 Å². The Kier molecular flexibility index (Phi) is 14.0. The number of rotatable bonds is 11. The van der Waals surface area contributed by atoms with Gasteiger partial charge in [0, 0.05) is 53.9 Å². The van der Waals surface area contributed by atoms with E-state index in [1.807, 2.05) is 0 Å². The summed E-state index contributed by atoms with van der Waals surface area (Å²) >= 11 is 0. The van der Waals surface area contributed by atoms with Gasteiger partial charge in [0.25, 0.3) is 0 Å². The minimum absolute atomic E-state index is 0. The number of aryl methyl sites for hydroxylation is 1. The molecule has 192 valence electrons. The molecule has 0 bridgehead atoms. The number of nitrogens with two attached hydrogens (primary N) is 1. The molecule has 0 aliphatic heterocycles. The molecule has 3 aromatic rings. The van der Waals surface area contributed by atoms with E-state index in [9.17, 15) is 4.39 Å². The summed E-state index contributed by atoms with van der Waals surface area (Å²) in [5, 5.41) is 2.64. The minimum Gasteiger partial charge on any atom is -0.405 e. The van der Waals surface area contributed by atoms with Crippen LogP contribution in [-0.4, -0.2) is 34.5 Å². The van der Waals surface area contributed by atoms with Gasteiger partial charge in [-0.2, -0.15) is 12.8 Å². The van der Waals surface area contributed by atoms with Crippen LogP contribution in [0.3, 0.4) is 0 Å². The van der Waals surface area contributed by atoms with Crippen molar-refractivity contribution in [2.45, 2.75) is 59.8 Å². The van der Waals surface area contributed by atoms with E-state index in [-0.39, 0.29) is 26.9 Å². The predicted molar refractivity (Wildman–Crippen MR) is 146 cm³/mol. The molecule has 0 saturated heterocycles. The van der Waals surface area contributed by atoms with E-state index in [4.69, 9.17) is 0 Å². The van der Waals surface area contributed by atoms with E-state index in [1.54, 1.807) is 12.1 Å². The van der Waals surface area contributed by atoms with Crippen molar-refractivity contribution in [2.24, 2.45) is 5.73 Å². The zero-order chi connectivity index (χ0) is 25.1. The minimum atomic E-state index is -0.227. The first-order valence-electron chi connectivity index (χ1n) is 12.4. The summed E-state index contributed by atoms with van der Waals surface area (Å²) in [6.07, 6.45) is 11.5. The summed E-state index contributed by atoms with van der Waals surface area (Å²) in [6.45, 7) is 19.5. The summed E-state index contributed by atoms with van der Waals surface area (Å²) in [5.41, 5.74) is 10.5. The molecule has 0 unspecified atom stereocenters. The van der Waals surface area contributed by atoms with Crippen molar-refractivity contribution in [3.05, 3.63) is 76.3 Å². The van der Waals surface area contributed by atoms with E-state index < -0.39 is 0 Å². The molecular formula is C29H42FN4W-. The predicted octanol–water partition coefficient (Wildman–Crippen LogP) is 5.23. The average molecular weight is 650 g/mol. The Hall–Kier alpha value is -2.10. The van der Waals surface area contributed by atoms with E-state index in [0.717, 1.165) is 59.5 Å². The van der Waals surface area contributed by atoms with Crippen molar-refractivity contribution in [3.63, 3.8) is 0 Å². The van der Waals surface area contributed by atoms with Crippen molar-refractivity contribution in [1.82, 2.24) is 14.9 Å². The maximum Gasteiger partial charge on any atom is 0.123 e. The number of H-pyrrole nitrogens is 2. The fourth-order valence-corrected chi connectivity index (χ4v) is 4.49. The number of hydrogen-bond donors (Lipinski definition) is 3. The standard InChI is InChI=1S/C27H37FN3.C2H5N.W/c1-6-8-9-15-31(14-7-2)16-10-11-23-19(3)27(30-20(23)4)18-24-21(5)29-26-13-12-22(28)17-25(24)26;1-2-3;/h8,12-13,17-18,29-30H,5-7,9-11,14-16H2,1-4H3;2H,1,3H2;/q-1;;/b24-18+;;. The van der Waals surface area contributed by atoms with Gasteiger partial charge >= 0.3 is 0 Å². The number of nitrogens with zero attached hydrogens (tertiary/aromatic N) is 1. The molecule has 35 heavy (non-hydrogen) atoms. The molecule has 0 aliphatic rings. The second-order valence-corrected chi connectivity index (χ2v) is 8.79. The number of halogens is 1. The van der Waals surface area contributed by atoms with Gasteiger partial charge in [-0.15, -0.1) is 0 Å². The molecule has 0 aliphatic carbocycles. The van der Waals surface area contributed by atoms with Gasteiger partial charge in [-0.1, -0.05) is 27.0 Å². The smallest absolute Gasteiger partial charge is 0.123 e. The number of fused-ring (bicyclic) bond motifs is 1. The van der Waals surface area contributed by atoms with Crippen LogP contribution in [0.2, 0.25) is 0 Å². The van der Waals surface area contributed by atoms with Gasteiger partial charge in [-0.05, 0) is 94.3 Å². The molecule has 0 atom stereocenters. The van der Waals surface area contributed by atoms with Gasteiger partial charge in [-0.25, -0.2) is 4.39 Å². The number of benzene rings is 1. The van der Waals surface area contributed by atoms with Crippen LogP contribution in [0, 0.1) is 26.1 Å². The van der Waals surface area contributed by atoms with Crippen LogP contribution < -0.4 is 16.3 Å². The third-order valence-corrected chi connectivity index (χ3v) is 6.18. The maximum absolute atomic E-state index is 13.8. The van der Waals surface area contributed by atoms with Gasteiger partial charge in [0.15, 0.2) is 0 Å². The number of hydrogen-bond acceptors (Lipinski definition) is 2. The van der Waals surface area contributed by atoms with Gasteiger partial charge < -0.3 is 27.0 Å². The quantitative estimate of drug-likeness (QED) is 0.197. The van der Waals surface area contributed by atoms with Crippen LogP contribution in [0.25, 0.3) is 23.6 Å². The number of unbranched alkanes of at least 4 members (excludes halogenated alkanes) is 2.